The van der Waals surface area contributed by atoms with Gasteiger partial charge >= 0.3 is 0 Å². The Morgan fingerprint density at radius 1 is 0.750 bits per heavy atom. The fraction of sp³-hybridized carbons (Fsp3) is 0.200. The molecule has 0 N–H and O–H groups in total. The molecule has 0 saturated heterocycles. The first-order chi connectivity index (χ1) is 13.9. The van der Waals surface area contributed by atoms with E-state index in [9.17, 15) is 0 Å². The molecule has 0 amide bonds. The van der Waals surface area contributed by atoms with Crippen LogP contribution in [0, 0.1) is 0 Å². The Morgan fingerprint density at radius 2 is 1.54 bits per heavy atom. The van der Waals surface area contributed by atoms with E-state index in [2.05, 4.69) is 64.9 Å². The molecule has 0 spiro atoms. The topological polar surface area (TPSA) is 30.7 Å². The van der Waals surface area contributed by atoms with Crippen LogP contribution >= 0.6 is 0 Å². The average Bonchev–Trinajstić information content (AvgIpc) is 3.17. The second-order valence-corrected chi connectivity index (χ2v) is 7.82. The first-order valence-corrected chi connectivity index (χ1v) is 10.1. The highest BCUT2D eigenvalue weighted by molar-refractivity contribution is 6.10. The fourth-order valence-electron chi connectivity index (χ4n) is 4.83. The lowest BCUT2D eigenvalue weighted by atomic mass is 9.85. The van der Waals surface area contributed by atoms with E-state index in [1.807, 2.05) is 16.8 Å². The molecule has 0 aliphatic heterocycles. The predicted molar refractivity (Wildman–Crippen MR) is 115 cm³/mol. The highest BCUT2D eigenvalue weighted by Gasteiger charge is 2.16. The molecular formula is C25H21N3. The van der Waals surface area contributed by atoms with Gasteiger partial charge < -0.3 is 0 Å². The minimum atomic E-state index is 0.737. The van der Waals surface area contributed by atoms with Gasteiger partial charge in [-0.25, -0.2) is 4.68 Å². The maximum atomic E-state index is 4.43. The van der Waals surface area contributed by atoms with Crippen molar-refractivity contribution in [1.29, 1.82) is 0 Å². The predicted octanol–water partition coefficient (Wildman–Crippen LogP) is 5.66. The van der Waals surface area contributed by atoms with E-state index in [4.69, 9.17) is 0 Å². The molecular weight excluding hydrogens is 342 g/mol. The van der Waals surface area contributed by atoms with Crippen LogP contribution in [0.25, 0.3) is 32.6 Å². The number of rotatable bonds is 2. The van der Waals surface area contributed by atoms with Gasteiger partial charge in [-0.05, 0) is 82.1 Å². The third-order valence-corrected chi connectivity index (χ3v) is 6.20. The van der Waals surface area contributed by atoms with Crippen molar-refractivity contribution in [2.24, 2.45) is 0 Å². The smallest absolute Gasteiger partial charge is 0.113 e. The zero-order chi connectivity index (χ0) is 18.5. The largest absolute Gasteiger partial charge is 0.240 e. The molecule has 6 rings (SSSR count). The summed E-state index contributed by atoms with van der Waals surface area (Å²) in [5.74, 6) is 0. The van der Waals surface area contributed by atoms with E-state index < -0.39 is 0 Å². The lowest BCUT2D eigenvalue weighted by Crippen LogP contribution is -2.06. The molecule has 136 valence electrons. The number of fused-ring (bicyclic) bond motifs is 6. The van der Waals surface area contributed by atoms with E-state index in [1.165, 1.54) is 58.4 Å². The minimum absolute atomic E-state index is 0.737. The Labute approximate surface area is 163 Å². The first kappa shape index (κ1) is 15.8. The van der Waals surface area contributed by atoms with Crippen molar-refractivity contribution < 1.29 is 0 Å². The first-order valence-electron chi connectivity index (χ1n) is 10.1. The van der Waals surface area contributed by atoms with Crippen LogP contribution in [0.5, 0.6) is 0 Å². The Morgan fingerprint density at radius 3 is 2.50 bits per heavy atom. The van der Waals surface area contributed by atoms with Gasteiger partial charge in [0, 0.05) is 0 Å². The lowest BCUT2D eigenvalue weighted by Gasteiger charge is -2.20. The second kappa shape index (κ2) is 6.16. The van der Waals surface area contributed by atoms with E-state index in [0.717, 1.165) is 17.6 Å². The summed E-state index contributed by atoms with van der Waals surface area (Å²) in [4.78, 5) is 0. The summed E-state index contributed by atoms with van der Waals surface area (Å²) in [6, 6.07) is 24.1. The highest BCUT2D eigenvalue weighted by Crippen LogP contribution is 2.35. The van der Waals surface area contributed by atoms with Gasteiger partial charge in [-0.15, -0.1) is 5.10 Å². The van der Waals surface area contributed by atoms with Gasteiger partial charge in [-0.2, -0.15) is 0 Å². The normalized spacial score (nSPS) is 14.0. The highest BCUT2D eigenvalue weighted by atomic mass is 15.4. The van der Waals surface area contributed by atoms with Crippen molar-refractivity contribution >= 4 is 32.6 Å². The number of benzene rings is 4. The Hall–Kier alpha value is -3.20. The quantitative estimate of drug-likeness (QED) is 0.379. The number of aryl methyl sites for hydroxylation is 2. The molecule has 1 aromatic heterocycles. The van der Waals surface area contributed by atoms with E-state index >= 15 is 0 Å². The maximum Gasteiger partial charge on any atom is 0.113 e. The fourth-order valence-corrected chi connectivity index (χ4v) is 4.83. The van der Waals surface area contributed by atoms with Gasteiger partial charge in [0.05, 0.1) is 12.1 Å². The molecule has 1 aliphatic rings. The molecule has 4 aromatic carbocycles. The van der Waals surface area contributed by atoms with Crippen LogP contribution in [0.4, 0.5) is 0 Å². The SMILES string of the molecule is c1ccc2c(c1)nnn2Cc1cc2c3c(ccc2c2ccccc12)CCCC3. The van der Waals surface area contributed by atoms with Gasteiger partial charge in [0.2, 0.25) is 0 Å². The van der Waals surface area contributed by atoms with Gasteiger partial charge in [-0.3, -0.25) is 0 Å². The van der Waals surface area contributed by atoms with Crippen LogP contribution in [-0.4, -0.2) is 15.0 Å². The zero-order valence-electron chi connectivity index (χ0n) is 15.7. The van der Waals surface area contributed by atoms with E-state index in [1.54, 1.807) is 5.56 Å². The number of para-hydroxylation sites is 1. The summed E-state index contributed by atoms with van der Waals surface area (Å²) in [6.45, 7) is 0.737. The van der Waals surface area contributed by atoms with Crippen molar-refractivity contribution in [1.82, 2.24) is 15.0 Å². The molecule has 3 nitrogen and oxygen atoms in total. The van der Waals surface area contributed by atoms with Crippen LogP contribution in [-0.2, 0) is 19.4 Å². The standard InChI is InChI=1S/C25H21N3/c1-2-8-19-17(7-1)13-14-22-21-10-4-3-9-20(21)18(15-23(19)22)16-28-25-12-6-5-11-24(25)26-27-28/h3-6,9-15H,1-2,7-8,16H2. The average molecular weight is 363 g/mol. The van der Waals surface area contributed by atoms with Crippen molar-refractivity contribution in [3.05, 3.63) is 83.4 Å². The summed E-state index contributed by atoms with van der Waals surface area (Å²) in [6.07, 6.45) is 5.00. The third kappa shape index (κ3) is 2.36. The molecule has 1 heterocycles. The van der Waals surface area contributed by atoms with Crippen molar-refractivity contribution in [2.45, 2.75) is 32.2 Å². The molecule has 0 bridgehead atoms. The van der Waals surface area contributed by atoms with Crippen LogP contribution < -0.4 is 0 Å². The van der Waals surface area contributed by atoms with Gasteiger partial charge in [0.15, 0.2) is 0 Å². The molecule has 0 fully saturated rings. The summed E-state index contributed by atoms with van der Waals surface area (Å²) in [5, 5.41) is 14.2. The number of hydrogen-bond acceptors (Lipinski definition) is 2. The minimum Gasteiger partial charge on any atom is -0.240 e. The van der Waals surface area contributed by atoms with Gasteiger partial charge in [0.25, 0.3) is 0 Å². The number of aromatic nitrogens is 3. The molecule has 5 aromatic rings. The van der Waals surface area contributed by atoms with Crippen molar-refractivity contribution in [2.75, 3.05) is 0 Å². The van der Waals surface area contributed by atoms with Crippen LogP contribution in [0.3, 0.4) is 0 Å². The Bertz CT molecular complexity index is 1350. The van der Waals surface area contributed by atoms with Gasteiger partial charge in [0.1, 0.15) is 5.52 Å². The zero-order valence-corrected chi connectivity index (χ0v) is 15.7. The monoisotopic (exact) mass is 363 g/mol. The Balaban J connectivity index is 1.62. The summed E-state index contributed by atoms with van der Waals surface area (Å²) in [7, 11) is 0. The van der Waals surface area contributed by atoms with Crippen LogP contribution in [0.2, 0.25) is 0 Å². The van der Waals surface area contributed by atoms with Crippen molar-refractivity contribution in [3.8, 4) is 0 Å². The molecule has 0 saturated carbocycles. The van der Waals surface area contributed by atoms with E-state index in [0.29, 0.717) is 0 Å². The summed E-state index contributed by atoms with van der Waals surface area (Å²) in [5.41, 5.74) is 6.44. The maximum absolute atomic E-state index is 4.43. The molecule has 28 heavy (non-hydrogen) atoms. The van der Waals surface area contributed by atoms with Crippen molar-refractivity contribution in [3.63, 3.8) is 0 Å². The molecule has 0 unspecified atom stereocenters. The molecule has 0 radical (unpaired) electrons. The summed E-state index contributed by atoms with van der Waals surface area (Å²) >= 11 is 0. The Kier molecular flexibility index (Phi) is 3.48. The number of hydrogen-bond donors (Lipinski definition) is 0. The third-order valence-electron chi connectivity index (χ3n) is 6.20. The van der Waals surface area contributed by atoms with Crippen LogP contribution in [0.1, 0.15) is 29.5 Å². The summed E-state index contributed by atoms with van der Waals surface area (Å²) < 4.78 is 2.03. The van der Waals surface area contributed by atoms with Gasteiger partial charge in [-0.1, -0.05) is 53.7 Å². The number of nitrogens with zero attached hydrogens (tertiary/aromatic N) is 3. The lowest BCUT2D eigenvalue weighted by molar-refractivity contribution is 0.672. The molecule has 1 aliphatic carbocycles. The van der Waals surface area contributed by atoms with Crippen LogP contribution in [0.15, 0.2) is 66.7 Å². The van der Waals surface area contributed by atoms with E-state index in [-0.39, 0.29) is 0 Å². The molecule has 0 atom stereocenters. The molecule has 3 heteroatoms. The second-order valence-electron chi connectivity index (χ2n) is 7.82.